The molecule has 1 saturated carbocycles. The van der Waals surface area contributed by atoms with Crippen molar-refractivity contribution in [1.82, 2.24) is 14.7 Å². The van der Waals surface area contributed by atoms with E-state index in [0.717, 1.165) is 37.4 Å². The molecule has 4 rings (SSSR count). The summed E-state index contributed by atoms with van der Waals surface area (Å²) in [5.74, 6) is 0.203. The van der Waals surface area contributed by atoms with Gasteiger partial charge in [-0.25, -0.2) is 4.98 Å². The number of nitriles is 1. The molecule has 9 heteroatoms. The van der Waals surface area contributed by atoms with E-state index in [1.54, 1.807) is 43.3 Å². The number of nitrogens with one attached hydrogen (secondary N) is 1. The van der Waals surface area contributed by atoms with Crippen LogP contribution in [0.4, 0.5) is 19.0 Å². The van der Waals surface area contributed by atoms with Crippen molar-refractivity contribution in [2.75, 3.05) is 11.9 Å². The number of aromatic nitrogens is 2. The summed E-state index contributed by atoms with van der Waals surface area (Å²) in [7, 11) is 1.88. The largest absolute Gasteiger partial charge is 0.434 e. The number of hydrogen-bond donors (Lipinski definition) is 1. The third-order valence-electron chi connectivity index (χ3n) is 6.54. The van der Waals surface area contributed by atoms with Gasteiger partial charge in [-0.15, -0.1) is 0 Å². The Morgan fingerprint density at radius 2 is 1.91 bits per heavy atom. The third-order valence-corrected chi connectivity index (χ3v) is 6.54. The Balaban J connectivity index is 1.40. The number of pyridine rings is 1. The van der Waals surface area contributed by atoms with E-state index in [0.29, 0.717) is 11.4 Å². The van der Waals surface area contributed by atoms with Gasteiger partial charge in [-0.2, -0.15) is 18.4 Å². The Kier molecular flexibility index (Phi) is 6.51. The summed E-state index contributed by atoms with van der Waals surface area (Å²) in [5.41, 5.74) is 0.688. The zero-order chi connectivity index (χ0) is 24.5. The molecule has 1 atom stereocenters. The predicted molar refractivity (Wildman–Crippen MR) is 123 cm³/mol. The van der Waals surface area contributed by atoms with Crippen molar-refractivity contribution >= 4 is 17.4 Å². The van der Waals surface area contributed by atoms with Crippen molar-refractivity contribution < 1.29 is 18.0 Å². The van der Waals surface area contributed by atoms with Crippen LogP contribution in [0.15, 0.2) is 48.7 Å². The van der Waals surface area contributed by atoms with Crippen LogP contribution in [0.25, 0.3) is 5.65 Å². The molecule has 3 aromatic rings. The van der Waals surface area contributed by atoms with Crippen molar-refractivity contribution in [1.29, 1.82) is 5.26 Å². The lowest BCUT2D eigenvalue weighted by Crippen LogP contribution is -2.43. The Morgan fingerprint density at radius 1 is 1.21 bits per heavy atom. The second kappa shape index (κ2) is 9.37. The van der Waals surface area contributed by atoms with Crippen LogP contribution in [-0.4, -0.2) is 34.4 Å². The summed E-state index contributed by atoms with van der Waals surface area (Å²) in [6.07, 6.45) is -0.335. The number of nitrogens with zero attached hydrogens (tertiary/aromatic N) is 4. The Hall–Kier alpha value is -3.54. The number of anilines is 1. The van der Waals surface area contributed by atoms with Gasteiger partial charge in [0.05, 0.1) is 12.0 Å². The van der Waals surface area contributed by atoms with Crippen molar-refractivity contribution in [3.63, 3.8) is 0 Å². The minimum atomic E-state index is -4.50. The summed E-state index contributed by atoms with van der Waals surface area (Å²) in [6.45, 7) is 1.79. The molecule has 34 heavy (non-hydrogen) atoms. The van der Waals surface area contributed by atoms with E-state index < -0.39 is 11.9 Å². The quantitative estimate of drug-likeness (QED) is 0.560. The van der Waals surface area contributed by atoms with Crippen molar-refractivity contribution in [3.05, 3.63) is 65.5 Å². The van der Waals surface area contributed by atoms with Gasteiger partial charge in [-0.1, -0.05) is 18.2 Å². The Labute approximate surface area is 196 Å². The molecule has 6 nitrogen and oxygen atoms in total. The van der Waals surface area contributed by atoms with E-state index >= 15 is 0 Å². The lowest BCUT2D eigenvalue weighted by molar-refractivity contribution is -0.140. The molecule has 2 heterocycles. The fourth-order valence-electron chi connectivity index (χ4n) is 4.51. The average molecular weight is 470 g/mol. The standard InChI is InChI=1S/C25H26F3N5O/c1-16(14-29)17-5-3-6-18(13-17)24(34)30-19-9-11-20(12-10-19)32(2)23-8-4-7-22-31-21(15-33(22)23)25(26,27)28/h3-8,13,15-16,19-20H,9-12H2,1-2H3,(H,30,34). The monoisotopic (exact) mass is 469 g/mol. The van der Waals surface area contributed by atoms with Gasteiger partial charge >= 0.3 is 6.18 Å². The van der Waals surface area contributed by atoms with Gasteiger partial charge in [0.2, 0.25) is 0 Å². The van der Waals surface area contributed by atoms with E-state index in [1.165, 1.54) is 4.40 Å². The molecule has 1 aliphatic rings. The van der Waals surface area contributed by atoms with Crippen LogP contribution in [0.3, 0.4) is 0 Å². The summed E-state index contributed by atoms with van der Waals surface area (Å²) < 4.78 is 40.9. The first-order chi connectivity index (χ1) is 16.2. The topological polar surface area (TPSA) is 73.4 Å². The number of carbonyl (C=O) groups is 1. The minimum Gasteiger partial charge on any atom is -0.358 e. The number of fused-ring (bicyclic) bond motifs is 1. The van der Waals surface area contributed by atoms with Gasteiger partial charge in [-0.3, -0.25) is 9.20 Å². The highest BCUT2D eigenvalue weighted by Crippen LogP contribution is 2.32. The molecule has 178 valence electrons. The molecule has 0 aliphatic heterocycles. The fraction of sp³-hybridized carbons (Fsp3) is 0.400. The molecule has 1 unspecified atom stereocenters. The fourth-order valence-corrected chi connectivity index (χ4v) is 4.51. The van der Waals surface area contributed by atoms with Crippen LogP contribution < -0.4 is 10.2 Å². The van der Waals surface area contributed by atoms with E-state index in [2.05, 4.69) is 16.4 Å². The number of hydrogen-bond acceptors (Lipinski definition) is 4. The van der Waals surface area contributed by atoms with Crippen molar-refractivity contribution in [2.45, 2.75) is 56.8 Å². The van der Waals surface area contributed by atoms with E-state index in [4.69, 9.17) is 5.26 Å². The van der Waals surface area contributed by atoms with Gasteiger partial charge in [0, 0.05) is 30.9 Å². The molecule has 0 saturated heterocycles. The first-order valence-electron chi connectivity index (χ1n) is 11.3. The van der Waals surface area contributed by atoms with Crippen molar-refractivity contribution in [2.24, 2.45) is 0 Å². The zero-order valence-corrected chi connectivity index (χ0v) is 19.0. The van der Waals surface area contributed by atoms with Gasteiger partial charge in [0.25, 0.3) is 5.91 Å². The molecule has 1 aliphatic carbocycles. The minimum absolute atomic E-state index is 0.0232. The highest BCUT2D eigenvalue weighted by atomic mass is 19.4. The molecular formula is C25H26F3N5O. The van der Waals surface area contributed by atoms with Gasteiger partial charge in [0.1, 0.15) is 11.5 Å². The maximum Gasteiger partial charge on any atom is 0.434 e. The maximum absolute atomic E-state index is 13.1. The Bertz CT molecular complexity index is 1220. The summed E-state index contributed by atoms with van der Waals surface area (Å²) >= 11 is 0. The number of imidazole rings is 1. The van der Waals surface area contributed by atoms with Crippen molar-refractivity contribution in [3.8, 4) is 6.07 Å². The summed E-state index contributed by atoms with van der Waals surface area (Å²) in [4.78, 5) is 18.4. The number of alkyl halides is 3. The Morgan fingerprint density at radius 3 is 2.59 bits per heavy atom. The number of halogens is 3. The molecule has 1 amide bonds. The number of benzene rings is 1. The molecule has 1 N–H and O–H groups in total. The molecule has 0 radical (unpaired) electrons. The average Bonchev–Trinajstić information content (AvgIpc) is 3.29. The zero-order valence-electron chi connectivity index (χ0n) is 19.0. The summed E-state index contributed by atoms with van der Waals surface area (Å²) in [6, 6.07) is 14.5. The highest BCUT2D eigenvalue weighted by Gasteiger charge is 2.34. The maximum atomic E-state index is 13.1. The molecule has 2 aromatic heterocycles. The van der Waals surface area contributed by atoms with Gasteiger partial charge in [-0.05, 0) is 62.4 Å². The second-order valence-corrected chi connectivity index (χ2v) is 8.80. The van der Waals surface area contributed by atoms with Gasteiger partial charge in [0.15, 0.2) is 5.69 Å². The smallest absolute Gasteiger partial charge is 0.358 e. The highest BCUT2D eigenvalue weighted by molar-refractivity contribution is 5.94. The molecule has 1 aromatic carbocycles. The number of amides is 1. The first kappa shape index (κ1) is 23.6. The van der Waals surface area contributed by atoms with E-state index in [9.17, 15) is 18.0 Å². The van der Waals surface area contributed by atoms with E-state index in [-0.39, 0.29) is 29.6 Å². The van der Waals surface area contributed by atoms with Gasteiger partial charge < -0.3 is 10.2 Å². The lowest BCUT2D eigenvalue weighted by Gasteiger charge is -2.36. The van der Waals surface area contributed by atoms with Crippen LogP contribution in [0.5, 0.6) is 0 Å². The molecule has 0 spiro atoms. The lowest BCUT2D eigenvalue weighted by atomic mass is 9.90. The predicted octanol–water partition coefficient (Wildman–Crippen LogP) is 5.16. The van der Waals surface area contributed by atoms with E-state index in [1.807, 2.05) is 18.0 Å². The van der Waals surface area contributed by atoms with Crippen LogP contribution >= 0.6 is 0 Å². The molecule has 0 bridgehead atoms. The SMILES string of the molecule is CC(C#N)c1cccc(C(=O)NC2CCC(N(C)c3cccc4nc(C(F)(F)F)cn34)CC2)c1. The number of rotatable bonds is 5. The van der Waals surface area contributed by atoms with Crippen LogP contribution in [0, 0.1) is 11.3 Å². The normalized spacial score (nSPS) is 19.4. The summed E-state index contributed by atoms with van der Waals surface area (Å²) in [5, 5.41) is 12.2. The third kappa shape index (κ3) is 4.86. The molecular weight excluding hydrogens is 443 g/mol. The molecule has 1 fully saturated rings. The first-order valence-corrected chi connectivity index (χ1v) is 11.3. The number of carbonyl (C=O) groups excluding carboxylic acids is 1. The van der Waals surface area contributed by atoms with Crippen LogP contribution in [0.2, 0.25) is 0 Å². The van der Waals surface area contributed by atoms with Crippen LogP contribution in [-0.2, 0) is 6.18 Å². The second-order valence-electron chi connectivity index (χ2n) is 8.80. The van der Waals surface area contributed by atoms with Crippen LogP contribution in [0.1, 0.15) is 60.1 Å².